The van der Waals surface area contributed by atoms with Crippen molar-refractivity contribution in [2.75, 3.05) is 6.79 Å². The Hall–Kier alpha value is -2.40. The van der Waals surface area contributed by atoms with E-state index >= 15 is 0 Å². The summed E-state index contributed by atoms with van der Waals surface area (Å²) >= 11 is 6.09. The van der Waals surface area contributed by atoms with Gasteiger partial charge in [0, 0.05) is 6.08 Å². The van der Waals surface area contributed by atoms with Gasteiger partial charge < -0.3 is 19.2 Å². The Bertz CT molecular complexity index is 709. The van der Waals surface area contributed by atoms with Crippen LogP contribution in [0.4, 0.5) is 0 Å². The number of amides is 1. The number of carbonyl (C=O) groups excluding carboxylic acids is 1. The van der Waals surface area contributed by atoms with E-state index in [1.54, 1.807) is 30.5 Å². The van der Waals surface area contributed by atoms with Crippen molar-refractivity contribution in [1.82, 2.24) is 5.32 Å². The zero-order valence-corrected chi connectivity index (χ0v) is 12.6. The number of nitrogens with one attached hydrogen (secondary N) is 1. The Morgan fingerprint density at radius 3 is 3.05 bits per heavy atom. The maximum atomic E-state index is 11.9. The van der Waals surface area contributed by atoms with Gasteiger partial charge in [-0.05, 0) is 42.8 Å². The van der Waals surface area contributed by atoms with E-state index in [1.807, 2.05) is 13.0 Å². The van der Waals surface area contributed by atoms with E-state index in [-0.39, 0.29) is 18.7 Å². The van der Waals surface area contributed by atoms with Gasteiger partial charge in [-0.25, -0.2) is 0 Å². The number of ether oxygens (including phenoxy) is 2. The third kappa shape index (κ3) is 3.09. The van der Waals surface area contributed by atoms with Gasteiger partial charge >= 0.3 is 0 Å². The molecule has 1 aliphatic heterocycles. The van der Waals surface area contributed by atoms with Crippen LogP contribution in [-0.2, 0) is 4.79 Å². The minimum atomic E-state index is -0.224. The summed E-state index contributed by atoms with van der Waals surface area (Å²) in [5.41, 5.74) is 0.759. The average molecular weight is 320 g/mol. The lowest BCUT2D eigenvalue weighted by Gasteiger charge is -2.09. The Morgan fingerprint density at radius 1 is 1.41 bits per heavy atom. The molecule has 1 aromatic carbocycles. The lowest BCUT2D eigenvalue weighted by atomic mass is 10.2. The van der Waals surface area contributed by atoms with Crippen LogP contribution in [-0.4, -0.2) is 12.7 Å². The lowest BCUT2D eigenvalue weighted by Crippen LogP contribution is -2.24. The molecule has 0 saturated heterocycles. The normalized spacial score (nSPS) is 14.3. The third-order valence-corrected chi connectivity index (χ3v) is 3.49. The van der Waals surface area contributed by atoms with E-state index in [4.69, 9.17) is 25.5 Å². The van der Waals surface area contributed by atoms with Crippen LogP contribution < -0.4 is 14.8 Å². The van der Waals surface area contributed by atoms with Crippen molar-refractivity contribution in [2.24, 2.45) is 0 Å². The van der Waals surface area contributed by atoms with E-state index in [1.165, 1.54) is 6.08 Å². The zero-order chi connectivity index (χ0) is 15.5. The van der Waals surface area contributed by atoms with Crippen LogP contribution in [0.1, 0.15) is 24.3 Å². The van der Waals surface area contributed by atoms with Crippen molar-refractivity contribution in [1.29, 1.82) is 0 Å². The summed E-state index contributed by atoms with van der Waals surface area (Å²) in [4.78, 5) is 11.9. The highest BCUT2D eigenvalue weighted by Gasteiger charge is 2.17. The molecule has 0 unspecified atom stereocenters. The van der Waals surface area contributed by atoms with Gasteiger partial charge in [-0.3, -0.25) is 4.79 Å². The number of hydrogen-bond donors (Lipinski definition) is 1. The van der Waals surface area contributed by atoms with Crippen molar-refractivity contribution in [2.45, 2.75) is 13.0 Å². The van der Waals surface area contributed by atoms with Crippen LogP contribution >= 0.6 is 11.6 Å². The number of fused-ring (bicyclic) bond motifs is 1. The molecule has 0 spiro atoms. The molecule has 22 heavy (non-hydrogen) atoms. The molecule has 2 heterocycles. The molecule has 1 N–H and O–H groups in total. The molecule has 1 aromatic heterocycles. The number of furan rings is 1. The topological polar surface area (TPSA) is 60.7 Å². The molecule has 5 nitrogen and oxygen atoms in total. The smallest absolute Gasteiger partial charge is 0.244 e. The van der Waals surface area contributed by atoms with Crippen LogP contribution in [0.5, 0.6) is 11.5 Å². The molecule has 0 saturated carbocycles. The first-order valence-corrected chi connectivity index (χ1v) is 7.12. The van der Waals surface area contributed by atoms with Gasteiger partial charge in [0.1, 0.15) is 5.76 Å². The van der Waals surface area contributed by atoms with Crippen LogP contribution in [0, 0.1) is 0 Å². The number of halogens is 1. The molecule has 2 aromatic rings. The summed E-state index contributed by atoms with van der Waals surface area (Å²) in [5.74, 6) is 1.59. The summed E-state index contributed by atoms with van der Waals surface area (Å²) in [6.45, 7) is 2.01. The summed E-state index contributed by atoms with van der Waals surface area (Å²) in [5, 5.41) is 3.27. The van der Waals surface area contributed by atoms with Crippen molar-refractivity contribution in [3.05, 3.63) is 53.0 Å². The minimum Gasteiger partial charge on any atom is -0.467 e. The highest BCUT2D eigenvalue weighted by molar-refractivity contribution is 6.32. The predicted molar refractivity (Wildman–Crippen MR) is 81.9 cm³/mol. The van der Waals surface area contributed by atoms with E-state index in [0.29, 0.717) is 22.3 Å². The Labute approximate surface area is 132 Å². The second-order valence-electron chi connectivity index (χ2n) is 4.82. The molecule has 1 aliphatic rings. The van der Waals surface area contributed by atoms with Gasteiger partial charge in [0.15, 0.2) is 11.5 Å². The molecule has 0 aliphatic carbocycles. The van der Waals surface area contributed by atoms with Crippen LogP contribution in [0.15, 0.2) is 41.0 Å². The molecular formula is C16H14ClNO4. The maximum Gasteiger partial charge on any atom is 0.244 e. The SMILES string of the molecule is C[C@@H](NC(=O)/C=C/c1cc(Cl)c2c(c1)OCO2)c1ccco1. The van der Waals surface area contributed by atoms with Crippen LogP contribution in [0.2, 0.25) is 5.02 Å². The molecule has 0 fully saturated rings. The van der Waals surface area contributed by atoms with E-state index in [0.717, 1.165) is 5.56 Å². The molecular weight excluding hydrogens is 306 g/mol. The quantitative estimate of drug-likeness (QED) is 0.875. The van der Waals surface area contributed by atoms with Gasteiger partial charge in [-0.1, -0.05) is 11.6 Å². The highest BCUT2D eigenvalue weighted by atomic mass is 35.5. The number of rotatable bonds is 4. The Balaban J connectivity index is 1.66. The second kappa shape index (κ2) is 6.15. The fourth-order valence-corrected chi connectivity index (χ4v) is 2.40. The molecule has 114 valence electrons. The maximum absolute atomic E-state index is 11.9. The summed E-state index contributed by atoms with van der Waals surface area (Å²) in [7, 11) is 0. The van der Waals surface area contributed by atoms with Gasteiger partial charge in [0.2, 0.25) is 12.7 Å². The molecule has 3 rings (SSSR count). The summed E-state index contributed by atoms with van der Waals surface area (Å²) < 4.78 is 15.8. The van der Waals surface area contributed by atoms with E-state index in [9.17, 15) is 4.79 Å². The number of hydrogen-bond acceptors (Lipinski definition) is 4. The fraction of sp³-hybridized carbons (Fsp3) is 0.188. The molecule has 0 radical (unpaired) electrons. The van der Waals surface area contributed by atoms with E-state index < -0.39 is 0 Å². The first-order chi connectivity index (χ1) is 10.6. The fourth-order valence-electron chi connectivity index (χ4n) is 2.13. The Morgan fingerprint density at radius 2 is 2.27 bits per heavy atom. The van der Waals surface area contributed by atoms with Gasteiger partial charge in [0.05, 0.1) is 17.3 Å². The average Bonchev–Trinajstić information content (AvgIpc) is 3.16. The third-order valence-electron chi connectivity index (χ3n) is 3.21. The molecule has 0 bridgehead atoms. The Kier molecular flexibility index (Phi) is 4.06. The summed E-state index contributed by atoms with van der Waals surface area (Å²) in [6.07, 6.45) is 4.67. The van der Waals surface area contributed by atoms with Crippen molar-refractivity contribution < 1.29 is 18.7 Å². The minimum absolute atomic E-state index is 0.156. The van der Waals surface area contributed by atoms with Crippen LogP contribution in [0.3, 0.4) is 0 Å². The summed E-state index contributed by atoms with van der Waals surface area (Å²) in [6, 6.07) is 6.88. The van der Waals surface area contributed by atoms with E-state index in [2.05, 4.69) is 5.32 Å². The number of carbonyl (C=O) groups is 1. The second-order valence-corrected chi connectivity index (χ2v) is 5.22. The molecule has 6 heteroatoms. The lowest BCUT2D eigenvalue weighted by molar-refractivity contribution is -0.117. The molecule has 1 amide bonds. The van der Waals surface area contributed by atoms with Gasteiger partial charge in [0.25, 0.3) is 0 Å². The standard InChI is InChI=1S/C16H14ClNO4/c1-10(13-3-2-6-20-13)18-15(19)5-4-11-7-12(17)16-14(8-11)21-9-22-16/h2-8,10H,9H2,1H3,(H,18,19)/b5-4+/t10-/m1/s1. The monoisotopic (exact) mass is 319 g/mol. The van der Waals surface area contributed by atoms with Crippen molar-refractivity contribution in [3.63, 3.8) is 0 Å². The van der Waals surface area contributed by atoms with Gasteiger partial charge in [-0.15, -0.1) is 0 Å². The molecule has 1 atom stereocenters. The zero-order valence-electron chi connectivity index (χ0n) is 11.8. The van der Waals surface area contributed by atoms with Gasteiger partial charge in [-0.2, -0.15) is 0 Å². The first-order valence-electron chi connectivity index (χ1n) is 6.74. The van der Waals surface area contributed by atoms with Crippen molar-refractivity contribution in [3.8, 4) is 11.5 Å². The van der Waals surface area contributed by atoms with Crippen LogP contribution in [0.25, 0.3) is 6.08 Å². The number of benzene rings is 1. The first kappa shape index (κ1) is 14.5. The highest BCUT2D eigenvalue weighted by Crippen LogP contribution is 2.40. The van der Waals surface area contributed by atoms with Crippen molar-refractivity contribution >= 4 is 23.6 Å². The predicted octanol–water partition coefficient (Wildman–Crippen LogP) is 3.55. The largest absolute Gasteiger partial charge is 0.467 e.